The molecule has 4 rings (SSSR count). The Morgan fingerprint density at radius 2 is 2.03 bits per heavy atom. The zero-order valence-corrected chi connectivity index (χ0v) is 18.9. The third-order valence-corrected chi connectivity index (χ3v) is 7.05. The van der Waals surface area contributed by atoms with E-state index in [2.05, 4.69) is 46.2 Å². The van der Waals surface area contributed by atoms with Gasteiger partial charge in [-0.1, -0.05) is 42.4 Å². The minimum Gasteiger partial charge on any atom is -0.361 e. The molecule has 1 aliphatic rings. The van der Waals surface area contributed by atoms with Gasteiger partial charge >= 0.3 is 0 Å². The van der Waals surface area contributed by atoms with Crippen LogP contribution in [0.4, 0.5) is 0 Å². The van der Waals surface area contributed by atoms with Gasteiger partial charge in [-0.2, -0.15) is 0 Å². The molecule has 3 heterocycles. The van der Waals surface area contributed by atoms with E-state index >= 15 is 0 Å². The number of carbonyl (C=O) groups is 2. The van der Waals surface area contributed by atoms with E-state index in [1.807, 2.05) is 13.0 Å². The SMILES string of the molecule is CCc1noc(C)c1C(=O)N1CCC(Cc2ccc(-c3cccs3)cc2)(C(=O)NC)C1. The summed E-state index contributed by atoms with van der Waals surface area (Å²) in [5.41, 5.74) is 2.82. The summed E-state index contributed by atoms with van der Waals surface area (Å²) in [5, 5.41) is 8.90. The molecule has 0 radical (unpaired) electrons. The number of amides is 2. The maximum absolute atomic E-state index is 13.2. The van der Waals surface area contributed by atoms with E-state index in [-0.39, 0.29) is 11.8 Å². The fourth-order valence-electron chi connectivity index (χ4n) is 4.43. The van der Waals surface area contributed by atoms with Crippen molar-refractivity contribution in [2.45, 2.75) is 33.1 Å². The average Bonchev–Trinajstić information content (AvgIpc) is 3.54. The molecule has 1 aliphatic heterocycles. The van der Waals surface area contributed by atoms with Crippen molar-refractivity contribution in [1.29, 1.82) is 0 Å². The lowest BCUT2D eigenvalue weighted by molar-refractivity contribution is -0.129. The number of hydrogen-bond acceptors (Lipinski definition) is 5. The number of thiophene rings is 1. The third kappa shape index (κ3) is 4.02. The fourth-order valence-corrected chi connectivity index (χ4v) is 5.17. The standard InChI is InChI=1S/C24H27N3O3S/c1-4-19-21(16(2)30-26-19)22(28)27-12-11-24(15-27,23(29)25-3)14-17-7-9-18(10-8-17)20-6-5-13-31-20/h5-10,13H,4,11-12,14-15H2,1-3H3,(H,25,29). The van der Waals surface area contributed by atoms with Crippen LogP contribution in [-0.2, 0) is 17.6 Å². The minimum absolute atomic E-state index is 0.0251. The highest BCUT2D eigenvalue weighted by Gasteiger charge is 2.46. The smallest absolute Gasteiger partial charge is 0.259 e. The Morgan fingerprint density at radius 3 is 2.68 bits per heavy atom. The van der Waals surface area contributed by atoms with E-state index in [0.29, 0.717) is 49.4 Å². The van der Waals surface area contributed by atoms with Crippen molar-refractivity contribution in [1.82, 2.24) is 15.4 Å². The Bertz CT molecular complexity index is 1070. The lowest BCUT2D eigenvalue weighted by atomic mass is 9.79. The largest absolute Gasteiger partial charge is 0.361 e. The topological polar surface area (TPSA) is 75.4 Å². The lowest BCUT2D eigenvalue weighted by Gasteiger charge is -2.28. The Balaban J connectivity index is 1.56. The molecule has 7 heteroatoms. The quantitative estimate of drug-likeness (QED) is 0.630. The van der Waals surface area contributed by atoms with Crippen LogP contribution < -0.4 is 5.32 Å². The Morgan fingerprint density at radius 1 is 1.26 bits per heavy atom. The van der Waals surface area contributed by atoms with Crippen LogP contribution in [0.25, 0.3) is 10.4 Å². The van der Waals surface area contributed by atoms with Crippen LogP contribution in [0.15, 0.2) is 46.3 Å². The van der Waals surface area contributed by atoms with E-state index in [4.69, 9.17) is 4.52 Å². The summed E-state index contributed by atoms with van der Waals surface area (Å²) in [6, 6.07) is 12.5. The van der Waals surface area contributed by atoms with Crippen molar-refractivity contribution in [3.8, 4) is 10.4 Å². The molecule has 0 saturated carbocycles. The van der Waals surface area contributed by atoms with Gasteiger partial charge in [0.05, 0.1) is 11.1 Å². The molecule has 2 amide bonds. The first kappa shape index (κ1) is 21.3. The Hall–Kier alpha value is -2.93. The lowest BCUT2D eigenvalue weighted by Crippen LogP contribution is -2.44. The molecule has 31 heavy (non-hydrogen) atoms. The zero-order chi connectivity index (χ0) is 22.0. The number of nitrogens with zero attached hydrogens (tertiary/aromatic N) is 2. The predicted molar refractivity (Wildman–Crippen MR) is 121 cm³/mol. The molecule has 1 saturated heterocycles. The molecule has 3 aromatic rings. The van der Waals surface area contributed by atoms with Crippen LogP contribution in [0, 0.1) is 12.3 Å². The maximum atomic E-state index is 13.2. The molecule has 1 unspecified atom stereocenters. The molecule has 1 fully saturated rings. The monoisotopic (exact) mass is 437 g/mol. The molecule has 1 N–H and O–H groups in total. The number of hydrogen-bond donors (Lipinski definition) is 1. The molecular formula is C24H27N3O3S. The number of likely N-dealkylation sites (tertiary alicyclic amines) is 1. The molecule has 0 spiro atoms. The van der Waals surface area contributed by atoms with Gasteiger partial charge in [0.25, 0.3) is 5.91 Å². The number of benzene rings is 1. The summed E-state index contributed by atoms with van der Waals surface area (Å²) < 4.78 is 5.25. The third-order valence-electron chi connectivity index (χ3n) is 6.13. The van der Waals surface area contributed by atoms with Crippen LogP contribution in [-0.4, -0.2) is 42.0 Å². The summed E-state index contributed by atoms with van der Waals surface area (Å²) in [6.07, 6.45) is 1.84. The van der Waals surface area contributed by atoms with Crippen LogP contribution in [0.2, 0.25) is 0 Å². The normalized spacial score (nSPS) is 18.4. The first-order chi connectivity index (χ1) is 15.0. The molecule has 1 atom stereocenters. The van der Waals surface area contributed by atoms with Crippen LogP contribution in [0.3, 0.4) is 0 Å². The van der Waals surface area contributed by atoms with E-state index in [9.17, 15) is 9.59 Å². The second kappa shape index (κ2) is 8.67. The summed E-state index contributed by atoms with van der Waals surface area (Å²) in [5.74, 6) is 0.403. The molecule has 0 aliphatic carbocycles. The van der Waals surface area contributed by atoms with E-state index in [1.165, 1.54) is 10.4 Å². The first-order valence-electron chi connectivity index (χ1n) is 10.6. The minimum atomic E-state index is -0.647. The molecule has 162 valence electrons. The van der Waals surface area contributed by atoms with Crippen molar-refractivity contribution < 1.29 is 14.1 Å². The van der Waals surface area contributed by atoms with Gasteiger partial charge in [-0.05, 0) is 48.8 Å². The second-order valence-electron chi connectivity index (χ2n) is 8.10. The Kier molecular flexibility index (Phi) is 5.96. The van der Waals surface area contributed by atoms with Crippen LogP contribution >= 0.6 is 11.3 Å². The van der Waals surface area contributed by atoms with Crippen molar-refractivity contribution in [2.24, 2.45) is 5.41 Å². The number of aromatic nitrogens is 1. The van der Waals surface area contributed by atoms with Crippen molar-refractivity contribution in [2.75, 3.05) is 20.1 Å². The van der Waals surface area contributed by atoms with Gasteiger partial charge in [-0.15, -0.1) is 11.3 Å². The summed E-state index contributed by atoms with van der Waals surface area (Å²) in [7, 11) is 1.66. The van der Waals surface area contributed by atoms with E-state index in [0.717, 1.165) is 5.56 Å². The van der Waals surface area contributed by atoms with E-state index in [1.54, 1.807) is 30.2 Å². The first-order valence-corrected chi connectivity index (χ1v) is 11.4. The molecule has 2 aromatic heterocycles. The summed E-state index contributed by atoms with van der Waals surface area (Å²) in [6.45, 7) is 4.63. The predicted octanol–water partition coefficient (Wildman–Crippen LogP) is 4.09. The molecule has 1 aromatic carbocycles. The summed E-state index contributed by atoms with van der Waals surface area (Å²) in [4.78, 5) is 29.2. The maximum Gasteiger partial charge on any atom is 0.259 e. The highest BCUT2D eigenvalue weighted by atomic mass is 32.1. The van der Waals surface area contributed by atoms with Crippen molar-refractivity contribution in [3.63, 3.8) is 0 Å². The molecule has 0 bridgehead atoms. The van der Waals surface area contributed by atoms with Gasteiger partial charge in [-0.3, -0.25) is 9.59 Å². The zero-order valence-electron chi connectivity index (χ0n) is 18.1. The van der Waals surface area contributed by atoms with Gasteiger partial charge in [0.2, 0.25) is 5.91 Å². The average molecular weight is 438 g/mol. The summed E-state index contributed by atoms with van der Waals surface area (Å²) >= 11 is 1.71. The fraction of sp³-hybridized carbons (Fsp3) is 0.375. The van der Waals surface area contributed by atoms with Gasteiger partial charge < -0.3 is 14.7 Å². The number of carbonyl (C=O) groups excluding carboxylic acids is 2. The van der Waals surface area contributed by atoms with Crippen LogP contribution in [0.1, 0.15) is 40.7 Å². The van der Waals surface area contributed by atoms with Crippen molar-refractivity contribution in [3.05, 3.63) is 64.4 Å². The number of rotatable bonds is 6. The van der Waals surface area contributed by atoms with Gasteiger partial charge in [0, 0.05) is 25.0 Å². The van der Waals surface area contributed by atoms with Crippen LogP contribution in [0.5, 0.6) is 0 Å². The number of nitrogens with one attached hydrogen (secondary N) is 1. The van der Waals surface area contributed by atoms with Gasteiger partial charge in [0.1, 0.15) is 11.3 Å². The Labute approximate surface area is 186 Å². The highest BCUT2D eigenvalue weighted by molar-refractivity contribution is 7.13. The molecule has 6 nitrogen and oxygen atoms in total. The van der Waals surface area contributed by atoms with Crippen molar-refractivity contribution >= 4 is 23.2 Å². The van der Waals surface area contributed by atoms with E-state index < -0.39 is 5.41 Å². The second-order valence-corrected chi connectivity index (χ2v) is 9.05. The van der Waals surface area contributed by atoms with Gasteiger partial charge in [0.15, 0.2) is 0 Å². The highest BCUT2D eigenvalue weighted by Crippen LogP contribution is 2.36. The number of aryl methyl sites for hydroxylation is 2. The van der Waals surface area contributed by atoms with Gasteiger partial charge in [-0.25, -0.2) is 0 Å². The molecular weight excluding hydrogens is 410 g/mol.